The van der Waals surface area contributed by atoms with E-state index in [0.717, 1.165) is 44.1 Å². The van der Waals surface area contributed by atoms with Gasteiger partial charge < -0.3 is 5.32 Å². The number of hydrogen-bond donors (Lipinski definition) is 1. The molecule has 1 fully saturated rings. The lowest BCUT2D eigenvalue weighted by atomic mass is 10.2. The van der Waals surface area contributed by atoms with Crippen LogP contribution in [0.15, 0.2) is 6.07 Å². The van der Waals surface area contributed by atoms with Crippen LogP contribution in [-0.4, -0.2) is 41.3 Å². The second kappa shape index (κ2) is 4.68. The first kappa shape index (κ1) is 10.5. The molecule has 4 nitrogen and oxygen atoms in total. The molecule has 0 unspecified atom stereocenters. The molecular formula is C11H18N4. The van der Waals surface area contributed by atoms with Gasteiger partial charge in [0.05, 0.1) is 11.4 Å². The van der Waals surface area contributed by atoms with Gasteiger partial charge in [-0.05, 0) is 25.5 Å². The topological polar surface area (TPSA) is 41.0 Å². The van der Waals surface area contributed by atoms with Crippen molar-refractivity contribution in [2.75, 3.05) is 26.2 Å². The molecule has 2 heterocycles. The van der Waals surface area contributed by atoms with Crippen molar-refractivity contribution in [1.82, 2.24) is 20.4 Å². The Labute approximate surface area is 90.7 Å². The SMILES string of the molecule is Cc1cc(CN2CCNCC2)c(C)nn1. The third kappa shape index (κ3) is 2.73. The largest absolute Gasteiger partial charge is 0.314 e. The van der Waals surface area contributed by atoms with Crippen LogP contribution in [0, 0.1) is 13.8 Å². The van der Waals surface area contributed by atoms with E-state index in [-0.39, 0.29) is 0 Å². The van der Waals surface area contributed by atoms with Gasteiger partial charge in [0, 0.05) is 32.7 Å². The predicted octanol–water partition coefficient (Wildman–Crippen LogP) is 0.499. The van der Waals surface area contributed by atoms with E-state index in [0.29, 0.717) is 0 Å². The molecule has 0 atom stereocenters. The molecular weight excluding hydrogens is 188 g/mol. The highest BCUT2D eigenvalue weighted by Gasteiger charge is 2.11. The molecule has 1 aromatic rings. The molecule has 0 radical (unpaired) electrons. The maximum absolute atomic E-state index is 4.15. The zero-order valence-electron chi connectivity index (χ0n) is 9.45. The highest BCUT2D eigenvalue weighted by atomic mass is 15.2. The molecule has 2 rings (SSSR count). The molecule has 0 spiro atoms. The maximum atomic E-state index is 4.15. The average molecular weight is 206 g/mol. The van der Waals surface area contributed by atoms with Gasteiger partial charge in [0.1, 0.15) is 0 Å². The van der Waals surface area contributed by atoms with Crippen molar-refractivity contribution >= 4 is 0 Å². The summed E-state index contributed by atoms with van der Waals surface area (Å²) in [6.45, 7) is 9.47. The van der Waals surface area contributed by atoms with Gasteiger partial charge in [0.2, 0.25) is 0 Å². The van der Waals surface area contributed by atoms with E-state index in [1.807, 2.05) is 13.8 Å². The van der Waals surface area contributed by atoms with E-state index >= 15 is 0 Å². The summed E-state index contributed by atoms with van der Waals surface area (Å²) in [6.07, 6.45) is 0. The van der Waals surface area contributed by atoms with E-state index in [2.05, 4.69) is 26.5 Å². The van der Waals surface area contributed by atoms with E-state index in [9.17, 15) is 0 Å². The average Bonchev–Trinajstić information content (AvgIpc) is 2.25. The number of piperazine rings is 1. The Morgan fingerprint density at radius 2 is 2.00 bits per heavy atom. The number of aryl methyl sites for hydroxylation is 2. The van der Waals surface area contributed by atoms with Crippen LogP contribution < -0.4 is 5.32 Å². The Morgan fingerprint density at radius 3 is 2.73 bits per heavy atom. The predicted molar refractivity (Wildman–Crippen MR) is 59.7 cm³/mol. The van der Waals surface area contributed by atoms with Gasteiger partial charge >= 0.3 is 0 Å². The van der Waals surface area contributed by atoms with Crippen molar-refractivity contribution in [1.29, 1.82) is 0 Å². The van der Waals surface area contributed by atoms with Gasteiger partial charge in [-0.1, -0.05) is 0 Å². The maximum Gasteiger partial charge on any atom is 0.0645 e. The fraction of sp³-hybridized carbons (Fsp3) is 0.636. The minimum absolute atomic E-state index is 1.00. The molecule has 15 heavy (non-hydrogen) atoms. The fourth-order valence-electron chi connectivity index (χ4n) is 1.87. The Morgan fingerprint density at radius 1 is 1.27 bits per heavy atom. The molecule has 1 saturated heterocycles. The van der Waals surface area contributed by atoms with E-state index < -0.39 is 0 Å². The van der Waals surface area contributed by atoms with E-state index in [1.165, 1.54) is 5.56 Å². The van der Waals surface area contributed by atoms with Gasteiger partial charge in [-0.3, -0.25) is 4.90 Å². The van der Waals surface area contributed by atoms with Crippen LogP contribution in [0.3, 0.4) is 0 Å². The van der Waals surface area contributed by atoms with Crippen LogP contribution in [0.2, 0.25) is 0 Å². The summed E-state index contributed by atoms with van der Waals surface area (Å²) in [5, 5.41) is 11.6. The molecule has 1 aromatic heterocycles. The molecule has 1 aliphatic rings. The second-order valence-electron chi connectivity index (χ2n) is 4.12. The lowest BCUT2D eigenvalue weighted by Gasteiger charge is -2.27. The van der Waals surface area contributed by atoms with Crippen molar-refractivity contribution in [3.05, 3.63) is 23.0 Å². The van der Waals surface area contributed by atoms with Crippen LogP contribution in [0.4, 0.5) is 0 Å². The van der Waals surface area contributed by atoms with Gasteiger partial charge in [0.25, 0.3) is 0 Å². The van der Waals surface area contributed by atoms with Crippen molar-refractivity contribution in [3.8, 4) is 0 Å². The summed E-state index contributed by atoms with van der Waals surface area (Å²) in [4.78, 5) is 2.46. The number of aromatic nitrogens is 2. The van der Waals surface area contributed by atoms with Gasteiger partial charge in [-0.15, -0.1) is 0 Å². The molecule has 0 aromatic carbocycles. The number of hydrogen-bond acceptors (Lipinski definition) is 4. The van der Waals surface area contributed by atoms with Crippen LogP contribution in [0.5, 0.6) is 0 Å². The fourth-order valence-corrected chi connectivity index (χ4v) is 1.87. The van der Waals surface area contributed by atoms with Gasteiger partial charge in [-0.25, -0.2) is 0 Å². The van der Waals surface area contributed by atoms with Crippen LogP contribution in [0.25, 0.3) is 0 Å². The summed E-state index contributed by atoms with van der Waals surface area (Å²) in [6, 6.07) is 2.14. The molecule has 0 aliphatic carbocycles. The minimum Gasteiger partial charge on any atom is -0.314 e. The van der Waals surface area contributed by atoms with Crippen LogP contribution >= 0.6 is 0 Å². The third-order valence-corrected chi connectivity index (χ3v) is 2.81. The van der Waals surface area contributed by atoms with Crippen molar-refractivity contribution < 1.29 is 0 Å². The van der Waals surface area contributed by atoms with Gasteiger partial charge in [0.15, 0.2) is 0 Å². The molecule has 0 amide bonds. The first-order valence-corrected chi connectivity index (χ1v) is 5.48. The van der Waals surface area contributed by atoms with Crippen LogP contribution in [-0.2, 0) is 6.54 Å². The zero-order chi connectivity index (χ0) is 10.7. The molecule has 0 bridgehead atoms. The Balaban J connectivity index is 2.05. The highest BCUT2D eigenvalue weighted by molar-refractivity contribution is 5.19. The summed E-state index contributed by atoms with van der Waals surface area (Å²) < 4.78 is 0. The monoisotopic (exact) mass is 206 g/mol. The Kier molecular flexibility index (Phi) is 3.28. The first-order valence-electron chi connectivity index (χ1n) is 5.48. The quantitative estimate of drug-likeness (QED) is 0.765. The Bertz CT molecular complexity index is 331. The van der Waals surface area contributed by atoms with Crippen LogP contribution in [0.1, 0.15) is 17.0 Å². The van der Waals surface area contributed by atoms with Crippen molar-refractivity contribution in [2.24, 2.45) is 0 Å². The smallest absolute Gasteiger partial charge is 0.0645 e. The normalized spacial score (nSPS) is 18.0. The number of nitrogens with zero attached hydrogens (tertiary/aromatic N) is 3. The lowest BCUT2D eigenvalue weighted by molar-refractivity contribution is 0.232. The molecule has 0 saturated carbocycles. The minimum atomic E-state index is 1.00. The molecule has 4 heteroatoms. The Hall–Kier alpha value is -1.00. The first-order chi connectivity index (χ1) is 7.25. The van der Waals surface area contributed by atoms with Crippen molar-refractivity contribution in [3.63, 3.8) is 0 Å². The summed E-state index contributed by atoms with van der Waals surface area (Å²) in [7, 11) is 0. The number of nitrogens with one attached hydrogen (secondary N) is 1. The summed E-state index contributed by atoms with van der Waals surface area (Å²) >= 11 is 0. The second-order valence-corrected chi connectivity index (χ2v) is 4.12. The van der Waals surface area contributed by atoms with E-state index in [1.54, 1.807) is 0 Å². The molecule has 1 aliphatic heterocycles. The standard InChI is InChI=1S/C11H18N4/c1-9-7-11(10(2)14-13-9)8-15-5-3-12-4-6-15/h7,12H,3-6,8H2,1-2H3. The van der Waals surface area contributed by atoms with E-state index in [4.69, 9.17) is 0 Å². The van der Waals surface area contributed by atoms with Crippen molar-refractivity contribution in [2.45, 2.75) is 20.4 Å². The van der Waals surface area contributed by atoms with Gasteiger partial charge in [-0.2, -0.15) is 10.2 Å². The molecule has 1 N–H and O–H groups in total. The summed E-state index contributed by atoms with van der Waals surface area (Å²) in [5.41, 5.74) is 3.37. The lowest BCUT2D eigenvalue weighted by Crippen LogP contribution is -2.43. The number of rotatable bonds is 2. The molecule has 82 valence electrons. The zero-order valence-corrected chi connectivity index (χ0v) is 9.45. The third-order valence-electron chi connectivity index (χ3n) is 2.81. The highest BCUT2D eigenvalue weighted by Crippen LogP contribution is 2.09. The summed E-state index contributed by atoms with van der Waals surface area (Å²) in [5.74, 6) is 0.